The second kappa shape index (κ2) is 7.19. The highest BCUT2D eigenvalue weighted by Gasteiger charge is 2.15. The summed E-state index contributed by atoms with van der Waals surface area (Å²) in [5, 5.41) is 2.49. The van der Waals surface area contributed by atoms with Crippen LogP contribution < -0.4 is 5.56 Å². The molecule has 130 valence electrons. The quantitative estimate of drug-likeness (QED) is 0.652. The predicted octanol–water partition coefficient (Wildman–Crippen LogP) is 3.81. The Morgan fingerprint density at radius 1 is 1.28 bits per heavy atom. The van der Waals surface area contributed by atoms with E-state index in [9.17, 15) is 9.59 Å². The van der Waals surface area contributed by atoms with Gasteiger partial charge in [0.1, 0.15) is 11.4 Å². The van der Waals surface area contributed by atoms with Crippen LogP contribution in [0.2, 0.25) is 0 Å². The Hall–Kier alpha value is -2.47. The van der Waals surface area contributed by atoms with E-state index in [4.69, 9.17) is 4.74 Å². The third-order valence-electron chi connectivity index (χ3n) is 4.05. The van der Waals surface area contributed by atoms with Crippen LogP contribution in [0.25, 0.3) is 21.3 Å². The summed E-state index contributed by atoms with van der Waals surface area (Å²) < 4.78 is 6.23. The van der Waals surface area contributed by atoms with Crippen molar-refractivity contribution in [2.75, 3.05) is 6.61 Å². The lowest BCUT2D eigenvalue weighted by Gasteiger charge is -2.07. The molecule has 3 rings (SSSR count). The van der Waals surface area contributed by atoms with Gasteiger partial charge in [-0.25, -0.2) is 4.98 Å². The summed E-state index contributed by atoms with van der Waals surface area (Å²) in [6.45, 7) is 6.19. The maximum Gasteiger partial charge on any atom is 0.326 e. The highest BCUT2D eigenvalue weighted by atomic mass is 32.1. The number of carbonyl (C=O) groups is 1. The number of thiophene rings is 1. The van der Waals surface area contributed by atoms with Gasteiger partial charge in [-0.05, 0) is 24.0 Å². The SMILES string of the molecule is CCOC(=O)Cn1cnc2scc(-c3ccc(C(C)C)cc3)c2c1=O. The van der Waals surface area contributed by atoms with E-state index in [2.05, 4.69) is 31.0 Å². The molecule has 0 saturated carbocycles. The van der Waals surface area contributed by atoms with Crippen molar-refractivity contribution in [2.24, 2.45) is 0 Å². The molecule has 2 heterocycles. The van der Waals surface area contributed by atoms with Gasteiger partial charge in [-0.1, -0.05) is 38.1 Å². The number of ether oxygens (including phenoxy) is 1. The minimum atomic E-state index is -0.441. The number of hydrogen-bond donors (Lipinski definition) is 0. The molecule has 0 radical (unpaired) electrons. The molecule has 0 fully saturated rings. The van der Waals surface area contributed by atoms with E-state index in [-0.39, 0.29) is 18.7 Å². The van der Waals surface area contributed by atoms with Crippen molar-refractivity contribution < 1.29 is 9.53 Å². The van der Waals surface area contributed by atoms with Crippen LogP contribution in [-0.2, 0) is 16.1 Å². The number of aromatic nitrogens is 2. The first-order chi connectivity index (χ1) is 12.0. The Kier molecular flexibility index (Phi) is 4.99. The average Bonchev–Trinajstić information content (AvgIpc) is 3.02. The normalized spacial score (nSPS) is 11.2. The van der Waals surface area contributed by atoms with Crippen LogP contribution in [0.15, 0.2) is 40.8 Å². The molecule has 1 aromatic carbocycles. The minimum absolute atomic E-state index is 0.128. The minimum Gasteiger partial charge on any atom is -0.465 e. The highest BCUT2D eigenvalue weighted by molar-refractivity contribution is 7.17. The van der Waals surface area contributed by atoms with Crippen LogP contribution in [0.5, 0.6) is 0 Å². The zero-order valence-corrected chi connectivity index (χ0v) is 15.3. The molecule has 0 N–H and O–H groups in total. The number of esters is 1. The van der Waals surface area contributed by atoms with Crippen LogP contribution in [0.1, 0.15) is 32.3 Å². The highest BCUT2D eigenvalue weighted by Crippen LogP contribution is 2.31. The zero-order chi connectivity index (χ0) is 18.0. The van der Waals surface area contributed by atoms with Crippen LogP contribution in [0.3, 0.4) is 0 Å². The number of rotatable bonds is 5. The number of nitrogens with zero attached hydrogens (tertiary/aromatic N) is 2. The molecule has 0 aliphatic carbocycles. The number of fused-ring (bicyclic) bond motifs is 1. The molecule has 0 saturated heterocycles. The second-order valence-electron chi connectivity index (χ2n) is 6.09. The number of hydrogen-bond acceptors (Lipinski definition) is 5. The largest absolute Gasteiger partial charge is 0.465 e. The van der Waals surface area contributed by atoms with Crippen molar-refractivity contribution >= 4 is 27.5 Å². The third-order valence-corrected chi connectivity index (χ3v) is 4.94. The van der Waals surface area contributed by atoms with Gasteiger partial charge in [-0.2, -0.15) is 0 Å². The molecular formula is C19H20N2O3S. The molecule has 25 heavy (non-hydrogen) atoms. The van der Waals surface area contributed by atoms with Gasteiger partial charge in [0.15, 0.2) is 0 Å². The monoisotopic (exact) mass is 356 g/mol. The Labute approximate surface area is 149 Å². The van der Waals surface area contributed by atoms with Crippen LogP contribution in [0, 0.1) is 0 Å². The summed E-state index contributed by atoms with van der Waals surface area (Å²) in [6.07, 6.45) is 1.41. The van der Waals surface area contributed by atoms with E-state index in [1.807, 2.05) is 17.5 Å². The van der Waals surface area contributed by atoms with Crippen molar-refractivity contribution in [3.8, 4) is 11.1 Å². The van der Waals surface area contributed by atoms with E-state index in [1.165, 1.54) is 27.8 Å². The molecule has 3 aromatic rings. The molecule has 6 heteroatoms. The van der Waals surface area contributed by atoms with Crippen molar-refractivity contribution in [3.63, 3.8) is 0 Å². The van der Waals surface area contributed by atoms with Gasteiger partial charge in [-0.3, -0.25) is 14.2 Å². The molecular weight excluding hydrogens is 336 g/mol. The Balaban J connectivity index is 2.05. The molecule has 0 atom stereocenters. The number of benzene rings is 1. The van der Waals surface area contributed by atoms with E-state index < -0.39 is 5.97 Å². The Morgan fingerprint density at radius 3 is 2.64 bits per heavy atom. The fourth-order valence-corrected chi connectivity index (χ4v) is 3.59. The average molecular weight is 356 g/mol. The van der Waals surface area contributed by atoms with Gasteiger partial charge < -0.3 is 4.74 Å². The summed E-state index contributed by atoms with van der Waals surface area (Å²) in [5.74, 6) is 0.0144. The summed E-state index contributed by atoms with van der Waals surface area (Å²) in [5.41, 5.74) is 2.86. The summed E-state index contributed by atoms with van der Waals surface area (Å²) in [6, 6.07) is 8.21. The molecule has 0 bridgehead atoms. The van der Waals surface area contributed by atoms with Gasteiger partial charge in [0, 0.05) is 10.9 Å². The fraction of sp³-hybridized carbons (Fsp3) is 0.316. The van der Waals surface area contributed by atoms with E-state index in [1.54, 1.807) is 6.92 Å². The fourth-order valence-electron chi connectivity index (χ4n) is 2.69. The summed E-state index contributed by atoms with van der Waals surface area (Å²) in [4.78, 5) is 29.5. The van der Waals surface area contributed by atoms with Gasteiger partial charge >= 0.3 is 5.97 Å². The van der Waals surface area contributed by atoms with Crippen molar-refractivity contribution in [2.45, 2.75) is 33.2 Å². The lowest BCUT2D eigenvalue weighted by Crippen LogP contribution is -2.25. The number of carbonyl (C=O) groups excluding carboxylic acids is 1. The van der Waals surface area contributed by atoms with Gasteiger partial charge in [-0.15, -0.1) is 11.3 Å². The first-order valence-corrected chi connectivity index (χ1v) is 9.11. The maximum atomic E-state index is 12.8. The first-order valence-electron chi connectivity index (χ1n) is 8.23. The standard InChI is InChI=1S/C19H20N2O3S/c1-4-24-16(22)9-21-11-20-18-17(19(21)23)15(10-25-18)14-7-5-13(6-8-14)12(2)3/h5-8,10-12H,4,9H2,1-3H3. The van der Waals surface area contributed by atoms with Gasteiger partial charge in [0.25, 0.3) is 5.56 Å². The Morgan fingerprint density at radius 2 is 2.00 bits per heavy atom. The van der Waals surface area contributed by atoms with Crippen molar-refractivity contribution in [1.29, 1.82) is 0 Å². The van der Waals surface area contributed by atoms with E-state index >= 15 is 0 Å². The molecule has 0 aliphatic rings. The van der Waals surface area contributed by atoms with Crippen molar-refractivity contribution in [1.82, 2.24) is 9.55 Å². The predicted molar refractivity (Wildman–Crippen MR) is 100 cm³/mol. The smallest absolute Gasteiger partial charge is 0.326 e. The summed E-state index contributed by atoms with van der Waals surface area (Å²) >= 11 is 1.43. The third kappa shape index (κ3) is 3.49. The van der Waals surface area contributed by atoms with E-state index in [0.29, 0.717) is 16.1 Å². The molecule has 0 aliphatic heterocycles. The second-order valence-corrected chi connectivity index (χ2v) is 6.95. The Bertz CT molecular complexity index is 955. The van der Waals surface area contributed by atoms with Crippen LogP contribution in [-0.4, -0.2) is 22.1 Å². The molecule has 0 amide bonds. The van der Waals surface area contributed by atoms with Crippen LogP contribution in [0.4, 0.5) is 0 Å². The lowest BCUT2D eigenvalue weighted by atomic mass is 9.99. The maximum absolute atomic E-state index is 12.8. The summed E-state index contributed by atoms with van der Waals surface area (Å²) in [7, 11) is 0. The van der Waals surface area contributed by atoms with Crippen LogP contribution >= 0.6 is 11.3 Å². The topological polar surface area (TPSA) is 61.2 Å². The molecule has 2 aromatic heterocycles. The zero-order valence-electron chi connectivity index (χ0n) is 14.5. The van der Waals surface area contributed by atoms with Gasteiger partial charge in [0.05, 0.1) is 18.3 Å². The molecule has 5 nitrogen and oxygen atoms in total. The molecule has 0 unspecified atom stereocenters. The van der Waals surface area contributed by atoms with Gasteiger partial charge in [0.2, 0.25) is 0 Å². The first kappa shape index (κ1) is 17.4. The molecule has 0 spiro atoms. The van der Waals surface area contributed by atoms with Crippen molar-refractivity contribution in [3.05, 3.63) is 51.9 Å². The lowest BCUT2D eigenvalue weighted by molar-refractivity contribution is -0.143. The van der Waals surface area contributed by atoms with E-state index in [0.717, 1.165) is 11.1 Å².